The van der Waals surface area contributed by atoms with Gasteiger partial charge in [-0.1, -0.05) is 0 Å². The number of carbonyl (C=O) groups excluding carboxylic acids is 1. The Kier molecular flexibility index (Phi) is 2.24. The summed E-state index contributed by atoms with van der Waals surface area (Å²) < 4.78 is 5.17. The molecular formula is C6H12N2O2. The average Bonchev–Trinajstić information content (AvgIpc) is 2.34. The van der Waals surface area contributed by atoms with Crippen LogP contribution in [0.4, 0.5) is 0 Å². The van der Waals surface area contributed by atoms with Crippen LogP contribution in [0.2, 0.25) is 0 Å². The van der Waals surface area contributed by atoms with Gasteiger partial charge in [0.15, 0.2) is 0 Å². The Balaban J connectivity index is 2.37. The number of nitrogens with one attached hydrogen (secondary N) is 1. The molecule has 1 fully saturated rings. The molecule has 0 saturated carbocycles. The second-order valence-electron chi connectivity index (χ2n) is 2.59. The van der Waals surface area contributed by atoms with Gasteiger partial charge in [-0.05, 0) is 13.3 Å². The molecule has 10 heavy (non-hydrogen) atoms. The van der Waals surface area contributed by atoms with E-state index in [0.717, 1.165) is 6.42 Å². The zero-order chi connectivity index (χ0) is 7.56. The molecule has 0 aromatic heterocycles. The second-order valence-corrected chi connectivity index (χ2v) is 2.59. The number of rotatable bonds is 1. The number of nitrogens with two attached hydrogens (primary N) is 1. The lowest BCUT2D eigenvalue weighted by molar-refractivity contribution is -0.125. The van der Waals surface area contributed by atoms with Gasteiger partial charge in [0.2, 0.25) is 5.91 Å². The van der Waals surface area contributed by atoms with Crippen molar-refractivity contribution in [1.29, 1.82) is 0 Å². The van der Waals surface area contributed by atoms with Crippen LogP contribution in [-0.2, 0) is 9.53 Å². The van der Waals surface area contributed by atoms with Gasteiger partial charge in [-0.25, -0.2) is 5.84 Å². The van der Waals surface area contributed by atoms with Crippen molar-refractivity contribution in [1.82, 2.24) is 5.43 Å². The zero-order valence-corrected chi connectivity index (χ0v) is 5.96. The number of hydrazine groups is 1. The molecule has 0 aromatic carbocycles. The first kappa shape index (κ1) is 7.50. The fraction of sp³-hybridized carbons (Fsp3) is 0.833. The number of amides is 1. The van der Waals surface area contributed by atoms with E-state index in [1.54, 1.807) is 0 Å². The maximum atomic E-state index is 10.8. The van der Waals surface area contributed by atoms with E-state index in [9.17, 15) is 4.79 Å². The van der Waals surface area contributed by atoms with Crippen LogP contribution < -0.4 is 11.3 Å². The molecule has 1 heterocycles. The number of carbonyl (C=O) groups is 1. The molecule has 1 rings (SSSR count). The van der Waals surface area contributed by atoms with Crippen molar-refractivity contribution in [2.45, 2.75) is 19.4 Å². The number of hydrogen-bond donors (Lipinski definition) is 2. The van der Waals surface area contributed by atoms with Crippen LogP contribution in [0.15, 0.2) is 0 Å². The molecule has 1 aliphatic heterocycles. The van der Waals surface area contributed by atoms with E-state index in [4.69, 9.17) is 10.6 Å². The van der Waals surface area contributed by atoms with Gasteiger partial charge in [0.1, 0.15) is 0 Å². The number of ether oxygens (including phenoxy) is 1. The lowest BCUT2D eigenvalue weighted by atomic mass is 10.1. The van der Waals surface area contributed by atoms with Gasteiger partial charge in [0.25, 0.3) is 0 Å². The highest BCUT2D eigenvalue weighted by Gasteiger charge is 2.27. The quantitative estimate of drug-likeness (QED) is 0.293. The first-order chi connectivity index (χ1) is 4.74. The van der Waals surface area contributed by atoms with Gasteiger partial charge in [-0.2, -0.15) is 0 Å². The van der Waals surface area contributed by atoms with E-state index in [0.29, 0.717) is 6.61 Å². The Morgan fingerprint density at radius 2 is 2.50 bits per heavy atom. The van der Waals surface area contributed by atoms with Gasteiger partial charge in [0, 0.05) is 0 Å². The molecule has 58 valence electrons. The van der Waals surface area contributed by atoms with E-state index < -0.39 is 0 Å². The van der Waals surface area contributed by atoms with Crippen molar-refractivity contribution in [2.75, 3.05) is 6.61 Å². The van der Waals surface area contributed by atoms with Gasteiger partial charge >= 0.3 is 0 Å². The van der Waals surface area contributed by atoms with Crippen LogP contribution in [0.3, 0.4) is 0 Å². The summed E-state index contributed by atoms with van der Waals surface area (Å²) in [5.41, 5.74) is 2.11. The van der Waals surface area contributed by atoms with Crippen LogP contribution in [0, 0.1) is 5.92 Å². The van der Waals surface area contributed by atoms with Gasteiger partial charge in [-0.3, -0.25) is 10.2 Å². The molecule has 0 aliphatic carbocycles. The van der Waals surface area contributed by atoms with Crippen molar-refractivity contribution >= 4 is 5.91 Å². The van der Waals surface area contributed by atoms with Crippen molar-refractivity contribution in [3.63, 3.8) is 0 Å². The molecule has 3 N–H and O–H groups in total. The van der Waals surface area contributed by atoms with E-state index >= 15 is 0 Å². The third-order valence-electron chi connectivity index (χ3n) is 1.71. The fourth-order valence-corrected chi connectivity index (χ4v) is 1.12. The van der Waals surface area contributed by atoms with Crippen LogP contribution >= 0.6 is 0 Å². The lowest BCUT2D eigenvalue weighted by Gasteiger charge is -2.03. The first-order valence-electron chi connectivity index (χ1n) is 3.36. The highest BCUT2D eigenvalue weighted by Crippen LogP contribution is 2.18. The van der Waals surface area contributed by atoms with Crippen molar-refractivity contribution in [2.24, 2.45) is 11.8 Å². The summed E-state index contributed by atoms with van der Waals surface area (Å²) in [5.74, 6) is 4.78. The van der Waals surface area contributed by atoms with Crippen molar-refractivity contribution in [3.05, 3.63) is 0 Å². The van der Waals surface area contributed by atoms with Crippen molar-refractivity contribution in [3.8, 4) is 0 Å². The standard InChI is InChI=1S/C6H12N2O2/c1-4-2-5(3-10-4)6(9)8-7/h4-5H,2-3,7H2,1H3,(H,8,9)/t4-,5-/m0/s1. The minimum Gasteiger partial charge on any atom is -0.378 e. The highest BCUT2D eigenvalue weighted by molar-refractivity contribution is 5.78. The molecular weight excluding hydrogens is 132 g/mol. The van der Waals surface area contributed by atoms with Crippen LogP contribution in [0.25, 0.3) is 0 Å². The predicted octanol–water partition coefficient (Wildman–Crippen LogP) is -0.599. The third-order valence-corrected chi connectivity index (χ3v) is 1.71. The van der Waals surface area contributed by atoms with E-state index in [1.165, 1.54) is 0 Å². The molecule has 1 saturated heterocycles. The smallest absolute Gasteiger partial charge is 0.239 e. The Labute approximate surface area is 59.7 Å². The van der Waals surface area contributed by atoms with E-state index in [1.807, 2.05) is 6.92 Å². The summed E-state index contributed by atoms with van der Waals surface area (Å²) in [7, 11) is 0. The molecule has 0 radical (unpaired) electrons. The molecule has 0 aromatic rings. The molecule has 2 atom stereocenters. The minimum atomic E-state index is -0.121. The summed E-state index contributed by atoms with van der Waals surface area (Å²) in [6.07, 6.45) is 0.977. The SMILES string of the molecule is C[C@H]1C[C@H](C(=O)NN)CO1. The van der Waals surface area contributed by atoms with Crippen LogP contribution in [0.5, 0.6) is 0 Å². The summed E-state index contributed by atoms with van der Waals surface area (Å²) in [6.45, 7) is 2.45. The fourth-order valence-electron chi connectivity index (χ4n) is 1.12. The van der Waals surface area contributed by atoms with Gasteiger partial charge in [0.05, 0.1) is 18.6 Å². The second kappa shape index (κ2) is 2.98. The third kappa shape index (κ3) is 1.46. The summed E-state index contributed by atoms with van der Waals surface area (Å²) >= 11 is 0. The average molecular weight is 144 g/mol. The zero-order valence-electron chi connectivity index (χ0n) is 5.96. The number of hydrogen-bond acceptors (Lipinski definition) is 3. The maximum absolute atomic E-state index is 10.8. The van der Waals surface area contributed by atoms with Crippen LogP contribution in [0.1, 0.15) is 13.3 Å². The van der Waals surface area contributed by atoms with Gasteiger partial charge in [-0.15, -0.1) is 0 Å². The Bertz CT molecular complexity index is 138. The topological polar surface area (TPSA) is 64.4 Å². The Morgan fingerprint density at radius 1 is 1.80 bits per heavy atom. The summed E-state index contributed by atoms with van der Waals surface area (Å²) in [4.78, 5) is 10.8. The normalized spacial score (nSPS) is 32.2. The molecule has 1 aliphatic rings. The monoisotopic (exact) mass is 144 g/mol. The summed E-state index contributed by atoms with van der Waals surface area (Å²) in [6, 6.07) is 0. The first-order valence-corrected chi connectivity index (χ1v) is 3.36. The molecule has 4 nitrogen and oxygen atoms in total. The maximum Gasteiger partial charge on any atom is 0.239 e. The molecule has 0 unspecified atom stereocenters. The van der Waals surface area contributed by atoms with Crippen LogP contribution in [-0.4, -0.2) is 18.6 Å². The molecule has 0 bridgehead atoms. The van der Waals surface area contributed by atoms with E-state index in [2.05, 4.69) is 5.43 Å². The van der Waals surface area contributed by atoms with Gasteiger partial charge < -0.3 is 4.74 Å². The predicted molar refractivity (Wildman–Crippen MR) is 35.9 cm³/mol. The Hall–Kier alpha value is -0.610. The lowest BCUT2D eigenvalue weighted by Crippen LogP contribution is -2.36. The minimum absolute atomic E-state index is 0.0417. The summed E-state index contributed by atoms with van der Waals surface area (Å²) in [5, 5.41) is 0. The highest BCUT2D eigenvalue weighted by atomic mass is 16.5. The molecule has 1 amide bonds. The molecule has 0 spiro atoms. The Morgan fingerprint density at radius 3 is 2.90 bits per heavy atom. The largest absolute Gasteiger partial charge is 0.378 e. The van der Waals surface area contributed by atoms with Crippen molar-refractivity contribution < 1.29 is 9.53 Å². The van der Waals surface area contributed by atoms with E-state index in [-0.39, 0.29) is 17.9 Å². The molecule has 4 heteroatoms.